The lowest BCUT2D eigenvalue weighted by atomic mass is 9.96. The van der Waals surface area contributed by atoms with E-state index in [0.29, 0.717) is 13.1 Å². The fraction of sp³-hybridized carbons (Fsp3) is 1.00. The van der Waals surface area contributed by atoms with Crippen LogP contribution < -0.4 is 5.73 Å². The maximum Gasteiger partial charge on any atom is 0.156 e. The molecule has 0 fully saturated rings. The summed E-state index contributed by atoms with van der Waals surface area (Å²) < 4.78 is 23.6. The van der Waals surface area contributed by atoms with E-state index in [-0.39, 0.29) is 11.3 Å². The number of hydrogen-bond acceptors (Lipinski definition) is 4. The third-order valence-corrected chi connectivity index (χ3v) is 6.50. The van der Waals surface area contributed by atoms with Gasteiger partial charge in [0, 0.05) is 18.6 Å². The fourth-order valence-corrected chi connectivity index (χ4v) is 2.92. The summed E-state index contributed by atoms with van der Waals surface area (Å²) in [6.07, 6.45) is 0.924. The maximum absolute atomic E-state index is 12.1. The molecule has 0 saturated heterocycles. The van der Waals surface area contributed by atoms with Gasteiger partial charge in [-0.1, -0.05) is 13.8 Å². The number of rotatable bonds is 7. The Morgan fingerprint density at radius 2 is 1.61 bits per heavy atom. The number of sulfone groups is 1. The van der Waals surface area contributed by atoms with Crippen LogP contribution in [0.3, 0.4) is 0 Å². The second-order valence-electron chi connectivity index (χ2n) is 6.07. The Morgan fingerprint density at radius 3 is 1.89 bits per heavy atom. The van der Waals surface area contributed by atoms with Crippen LogP contribution >= 0.6 is 0 Å². The van der Waals surface area contributed by atoms with Gasteiger partial charge in [-0.3, -0.25) is 4.90 Å². The highest BCUT2D eigenvalue weighted by Gasteiger charge is 2.32. The second kappa shape index (κ2) is 6.35. The van der Waals surface area contributed by atoms with Crippen molar-refractivity contribution >= 4 is 9.84 Å². The minimum absolute atomic E-state index is 0.109. The van der Waals surface area contributed by atoms with Crippen molar-refractivity contribution in [3.05, 3.63) is 0 Å². The van der Waals surface area contributed by atoms with E-state index in [1.165, 1.54) is 0 Å². The van der Waals surface area contributed by atoms with Crippen molar-refractivity contribution in [2.75, 3.05) is 25.4 Å². The van der Waals surface area contributed by atoms with Gasteiger partial charge in [0.05, 0.1) is 10.5 Å². The van der Waals surface area contributed by atoms with Gasteiger partial charge in [0.1, 0.15) is 0 Å². The highest BCUT2D eigenvalue weighted by atomic mass is 32.2. The van der Waals surface area contributed by atoms with Crippen LogP contribution in [0.4, 0.5) is 0 Å². The predicted octanol–water partition coefficient (Wildman–Crippen LogP) is 1.65. The molecule has 110 valence electrons. The molecule has 18 heavy (non-hydrogen) atoms. The van der Waals surface area contributed by atoms with E-state index in [9.17, 15) is 8.42 Å². The standard InChI is InChI=1S/C13H30N2O2S/c1-7-13(6,11-14)15(8-2)9-10-18(16,17)12(3,4)5/h7-11,14H2,1-6H3. The molecule has 0 aromatic rings. The number of likely N-dealkylation sites (N-methyl/N-ethyl adjacent to an activating group) is 1. The molecule has 2 N–H and O–H groups in total. The Morgan fingerprint density at radius 1 is 1.11 bits per heavy atom. The summed E-state index contributed by atoms with van der Waals surface area (Å²) in [7, 11) is -3.06. The lowest BCUT2D eigenvalue weighted by Crippen LogP contribution is -2.53. The van der Waals surface area contributed by atoms with E-state index in [4.69, 9.17) is 5.73 Å². The largest absolute Gasteiger partial charge is 0.329 e. The Hall–Kier alpha value is -0.130. The van der Waals surface area contributed by atoms with E-state index in [1.807, 2.05) is 6.92 Å². The molecule has 0 amide bonds. The minimum Gasteiger partial charge on any atom is -0.329 e. The van der Waals surface area contributed by atoms with Crippen molar-refractivity contribution in [3.8, 4) is 0 Å². The summed E-state index contributed by atoms with van der Waals surface area (Å²) in [5.41, 5.74) is 5.72. The predicted molar refractivity (Wildman–Crippen MR) is 78.5 cm³/mol. The average molecular weight is 278 g/mol. The van der Waals surface area contributed by atoms with Crippen LogP contribution in [0.15, 0.2) is 0 Å². The first-order valence-corrected chi connectivity index (χ1v) is 8.36. The molecule has 1 unspecified atom stereocenters. The van der Waals surface area contributed by atoms with Crippen molar-refractivity contribution in [3.63, 3.8) is 0 Å². The van der Waals surface area contributed by atoms with Crippen LogP contribution in [0.1, 0.15) is 48.0 Å². The summed E-state index contributed by atoms with van der Waals surface area (Å²) in [5.74, 6) is 0.194. The summed E-state index contributed by atoms with van der Waals surface area (Å²) in [4.78, 5) is 2.18. The molecule has 1 atom stereocenters. The first-order valence-electron chi connectivity index (χ1n) is 6.71. The molecular formula is C13H30N2O2S. The quantitative estimate of drug-likeness (QED) is 0.769. The third-order valence-electron chi connectivity index (χ3n) is 3.91. The first kappa shape index (κ1) is 17.9. The van der Waals surface area contributed by atoms with Gasteiger partial charge < -0.3 is 5.73 Å². The van der Waals surface area contributed by atoms with Crippen molar-refractivity contribution in [1.82, 2.24) is 4.90 Å². The van der Waals surface area contributed by atoms with Crippen LogP contribution in [-0.4, -0.2) is 49.0 Å². The lowest BCUT2D eigenvalue weighted by Gasteiger charge is -2.40. The summed E-state index contributed by atoms with van der Waals surface area (Å²) in [6.45, 7) is 13.4. The van der Waals surface area contributed by atoms with Crippen LogP contribution in [-0.2, 0) is 9.84 Å². The van der Waals surface area contributed by atoms with E-state index < -0.39 is 14.6 Å². The van der Waals surface area contributed by atoms with Crippen LogP contribution in [0.2, 0.25) is 0 Å². The first-order chi connectivity index (χ1) is 8.04. The summed E-state index contributed by atoms with van der Waals surface area (Å²) >= 11 is 0. The van der Waals surface area contributed by atoms with Gasteiger partial charge in [0.15, 0.2) is 9.84 Å². The third kappa shape index (κ3) is 4.21. The number of nitrogens with two attached hydrogens (primary N) is 1. The zero-order chi connectivity index (χ0) is 14.6. The molecule has 0 aliphatic heterocycles. The molecule has 0 saturated carbocycles. The molecule has 5 heteroatoms. The maximum atomic E-state index is 12.1. The molecule has 4 nitrogen and oxygen atoms in total. The zero-order valence-electron chi connectivity index (χ0n) is 12.8. The molecule has 0 bridgehead atoms. The smallest absolute Gasteiger partial charge is 0.156 e. The molecular weight excluding hydrogens is 248 g/mol. The molecule has 0 radical (unpaired) electrons. The molecule has 0 aliphatic carbocycles. The van der Waals surface area contributed by atoms with Gasteiger partial charge in [0.2, 0.25) is 0 Å². The molecule has 0 aromatic heterocycles. The van der Waals surface area contributed by atoms with Crippen LogP contribution in [0.5, 0.6) is 0 Å². The van der Waals surface area contributed by atoms with Crippen molar-refractivity contribution in [2.24, 2.45) is 5.73 Å². The van der Waals surface area contributed by atoms with Crippen molar-refractivity contribution < 1.29 is 8.42 Å². The average Bonchev–Trinajstić information content (AvgIpc) is 2.27. The second-order valence-corrected chi connectivity index (χ2v) is 8.93. The normalized spacial score (nSPS) is 16.9. The summed E-state index contributed by atoms with van der Waals surface area (Å²) in [6, 6.07) is 0. The molecule has 0 aliphatic rings. The Balaban J connectivity index is 4.80. The summed E-state index contributed by atoms with van der Waals surface area (Å²) in [5, 5.41) is 0. The van der Waals surface area contributed by atoms with Crippen molar-refractivity contribution in [2.45, 2.75) is 58.2 Å². The van der Waals surface area contributed by atoms with E-state index in [2.05, 4.69) is 18.7 Å². The topological polar surface area (TPSA) is 63.4 Å². The Kier molecular flexibility index (Phi) is 6.30. The highest BCUT2D eigenvalue weighted by molar-refractivity contribution is 7.92. The molecule has 0 aromatic carbocycles. The van der Waals surface area contributed by atoms with Gasteiger partial charge in [0.25, 0.3) is 0 Å². The fourth-order valence-electron chi connectivity index (χ4n) is 1.84. The van der Waals surface area contributed by atoms with Gasteiger partial charge in [-0.2, -0.15) is 0 Å². The SMILES string of the molecule is CCN(CCS(=O)(=O)C(C)(C)C)C(C)(CC)CN. The van der Waals surface area contributed by atoms with Crippen LogP contribution in [0.25, 0.3) is 0 Å². The van der Waals surface area contributed by atoms with E-state index in [1.54, 1.807) is 20.8 Å². The lowest BCUT2D eigenvalue weighted by molar-refractivity contribution is 0.120. The zero-order valence-corrected chi connectivity index (χ0v) is 13.6. The van der Waals surface area contributed by atoms with Crippen molar-refractivity contribution in [1.29, 1.82) is 0 Å². The molecule has 0 rings (SSSR count). The Bertz CT molecular complexity index is 340. The van der Waals surface area contributed by atoms with Gasteiger partial charge in [-0.05, 0) is 40.7 Å². The Labute approximate surface area is 113 Å². The monoisotopic (exact) mass is 278 g/mol. The van der Waals surface area contributed by atoms with Gasteiger partial charge in [-0.25, -0.2) is 8.42 Å². The highest BCUT2D eigenvalue weighted by Crippen LogP contribution is 2.20. The number of nitrogens with zero attached hydrogens (tertiary/aromatic N) is 1. The van der Waals surface area contributed by atoms with E-state index >= 15 is 0 Å². The van der Waals surface area contributed by atoms with Gasteiger partial charge >= 0.3 is 0 Å². The van der Waals surface area contributed by atoms with E-state index in [0.717, 1.165) is 13.0 Å². The molecule has 0 spiro atoms. The van der Waals surface area contributed by atoms with Crippen LogP contribution in [0, 0.1) is 0 Å². The number of hydrogen-bond donors (Lipinski definition) is 1. The molecule has 0 heterocycles. The minimum atomic E-state index is -3.06. The van der Waals surface area contributed by atoms with Gasteiger partial charge in [-0.15, -0.1) is 0 Å².